The van der Waals surface area contributed by atoms with Gasteiger partial charge in [0.1, 0.15) is 0 Å². The minimum absolute atomic E-state index is 0.474. The lowest BCUT2D eigenvalue weighted by atomic mass is 10.3. The molecule has 0 aliphatic heterocycles. The first-order valence-corrected chi connectivity index (χ1v) is 5.50. The molecule has 3 nitrogen and oxygen atoms in total. The first-order valence-electron chi connectivity index (χ1n) is 4.33. The molecule has 0 saturated carbocycles. The quantitative estimate of drug-likeness (QED) is 0.641. The topological polar surface area (TPSA) is 41.6 Å². The van der Waals surface area contributed by atoms with E-state index in [9.17, 15) is 0 Å². The van der Waals surface area contributed by atoms with Crippen LogP contribution < -0.4 is 0 Å². The van der Waals surface area contributed by atoms with Gasteiger partial charge in [-0.05, 0) is 28.1 Å². The van der Waals surface area contributed by atoms with Crippen LogP contribution in [0, 0.1) is 0 Å². The van der Waals surface area contributed by atoms with Crippen molar-refractivity contribution < 1.29 is 0 Å². The molecule has 0 aliphatic carbocycles. The zero-order valence-electron chi connectivity index (χ0n) is 7.46. The number of hydrogen-bond acceptors (Lipinski definition) is 2. The maximum absolute atomic E-state index is 5.99. The molecule has 0 radical (unpaired) electrons. The van der Waals surface area contributed by atoms with Gasteiger partial charge in [-0.25, -0.2) is 4.98 Å². The van der Waals surface area contributed by atoms with Gasteiger partial charge in [0.15, 0.2) is 5.15 Å². The number of nitrogens with one attached hydrogen (secondary N) is 1. The molecule has 5 heteroatoms. The fourth-order valence-electron chi connectivity index (χ4n) is 1.64. The van der Waals surface area contributed by atoms with Crippen molar-refractivity contribution in [2.75, 3.05) is 0 Å². The standard InChI is InChI=1S/C10H5BrClN3/c11-5-3-7-8(14-4-5)6-1-2-13-10(12)9(6)15-7/h1-4,15H. The fourth-order valence-corrected chi connectivity index (χ4v) is 2.17. The van der Waals surface area contributed by atoms with Gasteiger partial charge in [0.2, 0.25) is 0 Å². The van der Waals surface area contributed by atoms with Crippen molar-refractivity contribution >= 4 is 49.5 Å². The van der Waals surface area contributed by atoms with E-state index in [1.54, 1.807) is 12.4 Å². The van der Waals surface area contributed by atoms with Crippen LogP contribution in [0.1, 0.15) is 0 Å². The van der Waals surface area contributed by atoms with Crippen molar-refractivity contribution in [1.29, 1.82) is 0 Å². The van der Waals surface area contributed by atoms with E-state index in [0.717, 1.165) is 26.4 Å². The summed E-state index contributed by atoms with van der Waals surface area (Å²) in [6.45, 7) is 0. The Morgan fingerprint density at radius 1 is 1.33 bits per heavy atom. The molecule has 74 valence electrons. The van der Waals surface area contributed by atoms with E-state index in [-0.39, 0.29) is 0 Å². The van der Waals surface area contributed by atoms with Crippen molar-refractivity contribution in [3.63, 3.8) is 0 Å². The van der Waals surface area contributed by atoms with E-state index in [0.29, 0.717) is 5.15 Å². The van der Waals surface area contributed by atoms with Crippen LogP contribution in [-0.2, 0) is 0 Å². The highest BCUT2D eigenvalue weighted by Crippen LogP contribution is 2.28. The smallest absolute Gasteiger partial charge is 0.153 e. The molecule has 0 aliphatic rings. The second-order valence-electron chi connectivity index (χ2n) is 3.20. The average Bonchev–Trinajstić information content (AvgIpc) is 2.57. The summed E-state index contributed by atoms with van der Waals surface area (Å²) in [6.07, 6.45) is 3.45. The van der Waals surface area contributed by atoms with Crippen LogP contribution in [0.5, 0.6) is 0 Å². The largest absolute Gasteiger partial charge is 0.351 e. The fraction of sp³-hybridized carbons (Fsp3) is 0. The van der Waals surface area contributed by atoms with Crippen LogP contribution in [0.2, 0.25) is 5.15 Å². The van der Waals surface area contributed by atoms with Gasteiger partial charge in [-0.2, -0.15) is 0 Å². The molecule has 0 amide bonds. The van der Waals surface area contributed by atoms with Crippen LogP contribution >= 0.6 is 27.5 Å². The Bertz CT molecular complexity index is 662. The summed E-state index contributed by atoms with van der Waals surface area (Å²) in [5.74, 6) is 0. The molecule has 0 unspecified atom stereocenters. The van der Waals surface area contributed by atoms with Crippen LogP contribution in [0.25, 0.3) is 21.9 Å². The zero-order valence-corrected chi connectivity index (χ0v) is 9.80. The van der Waals surface area contributed by atoms with Crippen LogP contribution in [0.4, 0.5) is 0 Å². The highest BCUT2D eigenvalue weighted by molar-refractivity contribution is 9.10. The lowest BCUT2D eigenvalue weighted by Gasteiger charge is -1.91. The number of aromatic amines is 1. The lowest BCUT2D eigenvalue weighted by Crippen LogP contribution is -1.75. The number of fused-ring (bicyclic) bond motifs is 3. The van der Waals surface area contributed by atoms with E-state index < -0.39 is 0 Å². The minimum Gasteiger partial charge on any atom is -0.351 e. The van der Waals surface area contributed by atoms with Gasteiger partial charge in [0.05, 0.1) is 16.6 Å². The van der Waals surface area contributed by atoms with Crippen molar-refractivity contribution in [3.05, 3.63) is 34.2 Å². The van der Waals surface area contributed by atoms with E-state index in [1.807, 2.05) is 12.1 Å². The van der Waals surface area contributed by atoms with Gasteiger partial charge < -0.3 is 4.98 Å². The van der Waals surface area contributed by atoms with Crippen molar-refractivity contribution in [2.45, 2.75) is 0 Å². The second kappa shape index (κ2) is 3.18. The lowest BCUT2D eigenvalue weighted by molar-refractivity contribution is 1.35. The summed E-state index contributed by atoms with van der Waals surface area (Å²) in [7, 11) is 0. The van der Waals surface area contributed by atoms with Gasteiger partial charge in [-0.3, -0.25) is 4.98 Å². The summed E-state index contributed by atoms with van der Waals surface area (Å²) in [5.41, 5.74) is 2.70. The second-order valence-corrected chi connectivity index (χ2v) is 4.47. The maximum Gasteiger partial charge on any atom is 0.153 e. The Hall–Kier alpha value is -1.13. The first-order chi connectivity index (χ1) is 7.25. The SMILES string of the molecule is Clc1nccc2c1[nH]c1cc(Br)cnc12. The van der Waals surface area contributed by atoms with Gasteiger partial charge in [-0.15, -0.1) is 0 Å². The molecule has 15 heavy (non-hydrogen) atoms. The number of hydrogen-bond donors (Lipinski definition) is 1. The molecular formula is C10H5BrClN3. The number of nitrogens with zero attached hydrogens (tertiary/aromatic N) is 2. The molecule has 3 heterocycles. The van der Waals surface area contributed by atoms with Crippen LogP contribution in [0.3, 0.4) is 0 Å². The molecule has 0 atom stereocenters. The summed E-state index contributed by atoms with van der Waals surface area (Å²) in [5, 5.41) is 1.47. The van der Waals surface area contributed by atoms with Crippen molar-refractivity contribution in [1.82, 2.24) is 15.0 Å². The average molecular weight is 283 g/mol. The molecule has 1 N–H and O–H groups in total. The Morgan fingerprint density at radius 3 is 3.07 bits per heavy atom. The molecule has 0 fully saturated rings. The number of pyridine rings is 2. The van der Waals surface area contributed by atoms with Gasteiger partial charge in [0.25, 0.3) is 0 Å². The Morgan fingerprint density at radius 2 is 2.20 bits per heavy atom. The Kier molecular flexibility index (Phi) is 1.94. The normalized spacial score (nSPS) is 11.3. The van der Waals surface area contributed by atoms with E-state index in [1.165, 1.54) is 0 Å². The first kappa shape index (κ1) is 9.12. The van der Waals surface area contributed by atoms with Crippen molar-refractivity contribution in [3.8, 4) is 0 Å². The molecule has 0 spiro atoms. The summed E-state index contributed by atoms with van der Waals surface area (Å²) in [4.78, 5) is 11.6. The Labute approximate surface area is 98.6 Å². The van der Waals surface area contributed by atoms with Gasteiger partial charge in [0, 0.05) is 22.3 Å². The Balaban J connectivity index is 2.57. The van der Waals surface area contributed by atoms with E-state index in [2.05, 4.69) is 30.9 Å². The molecule has 0 aromatic carbocycles. The van der Waals surface area contributed by atoms with Gasteiger partial charge >= 0.3 is 0 Å². The third-order valence-corrected chi connectivity index (χ3v) is 2.99. The summed E-state index contributed by atoms with van der Waals surface area (Å²) < 4.78 is 0.936. The predicted molar refractivity (Wildman–Crippen MR) is 64.1 cm³/mol. The molecule has 3 aromatic rings. The maximum atomic E-state index is 5.99. The molecule has 0 saturated heterocycles. The number of halogens is 2. The highest BCUT2D eigenvalue weighted by atomic mass is 79.9. The summed E-state index contributed by atoms with van der Waals surface area (Å²) >= 11 is 9.36. The monoisotopic (exact) mass is 281 g/mol. The van der Waals surface area contributed by atoms with E-state index in [4.69, 9.17) is 11.6 Å². The third kappa shape index (κ3) is 1.33. The van der Waals surface area contributed by atoms with E-state index >= 15 is 0 Å². The predicted octanol–water partition coefficient (Wildman–Crippen LogP) is 3.53. The van der Waals surface area contributed by atoms with Gasteiger partial charge in [-0.1, -0.05) is 11.6 Å². The van der Waals surface area contributed by atoms with Crippen LogP contribution in [0.15, 0.2) is 29.0 Å². The third-order valence-electron chi connectivity index (χ3n) is 2.27. The van der Waals surface area contributed by atoms with Crippen molar-refractivity contribution in [2.24, 2.45) is 0 Å². The van der Waals surface area contributed by atoms with Crippen LogP contribution in [-0.4, -0.2) is 15.0 Å². The molecule has 3 aromatic heterocycles. The minimum atomic E-state index is 0.474. The molecular weight excluding hydrogens is 277 g/mol. The summed E-state index contributed by atoms with van der Waals surface area (Å²) in [6, 6.07) is 3.87. The number of aromatic nitrogens is 3. The number of H-pyrrole nitrogens is 1. The molecule has 0 bridgehead atoms. The number of rotatable bonds is 0. The molecule has 3 rings (SSSR count). The highest BCUT2D eigenvalue weighted by Gasteiger charge is 2.08. The zero-order chi connectivity index (χ0) is 10.4.